The van der Waals surface area contributed by atoms with E-state index in [1.807, 2.05) is 60.7 Å². The maximum Gasteiger partial charge on any atom is 0.295 e. The first-order valence-electron chi connectivity index (χ1n) is 10.8. The number of Topliss-reactive ketones (excluding diaryl/α,β-unsaturated/α-hetero) is 1. The minimum absolute atomic E-state index is 0.415. The zero-order chi connectivity index (χ0) is 22.8. The molecule has 8 heteroatoms. The molecule has 1 fully saturated rings. The number of nitrogens with one attached hydrogen (secondary N) is 1. The Balaban J connectivity index is 1.22. The Kier molecular flexibility index (Phi) is 5.48. The zero-order valence-electron chi connectivity index (χ0n) is 18.2. The van der Waals surface area contributed by atoms with Crippen LogP contribution in [0.5, 0.6) is 5.75 Å². The first kappa shape index (κ1) is 20.7. The molecular formula is C25H23N5O3. The van der Waals surface area contributed by atoms with Crippen LogP contribution in [0.4, 0.5) is 5.82 Å². The number of nitrogens with zero attached hydrogens (tertiary/aromatic N) is 4. The second-order valence-corrected chi connectivity index (χ2v) is 7.86. The number of hydrogen-bond donors (Lipinski definition) is 1. The van der Waals surface area contributed by atoms with Gasteiger partial charge in [0.1, 0.15) is 5.75 Å². The highest BCUT2D eigenvalue weighted by Gasteiger charge is 2.28. The van der Waals surface area contributed by atoms with E-state index in [2.05, 4.69) is 20.1 Å². The van der Waals surface area contributed by atoms with Crippen LogP contribution in [0.1, 0.15) is 10.4 Å². The molecule has 0 aliphatic carbocycles. The van der Waals surface area contributed by atoms with Gasteiger partial charge in [0.25, 0.3) is 11.7 Å². The number of carbonyl (C=O) groups excluding carboxylic acids is 2. The van der Waals surface area contributed by atoms with Gasteiger partial charge >= 0.3 is 0 Å². The quantitative estimate of drug-likeness (QED) is 0.378. The fourth-order valence-electron chi connectivity index (χ4n) is 4.07. The Bertz CT molecular complexity index is 1290. The van der Waals surface area contributed by atoms with Gasteiger partial charge < -0.3 is 19.5 Å². The van der Waals surface area contributed by atoms with Gasteiger partial charge in [-0.15, -0.1) is 10.2 Å². The van der Waals surface area contributed by atoms with Gasteiger partial charge in [-0.2, -0.15) is 0 Å². The summed E-state index contributed by atoms with van der Waals surface area (Å²) in [6.07, 6.45) is 1.61. The molecule has 4 aromatic rings. The number of hydrogen-bond acceptors (Lipinski definition) is 6. The Morgan fingerprint density at radius 2 is 1.67 bits per heavy atom. The molecule has 1 N–H and O–H groups in total. The van der Waals surface area contributed by atoms with Crippen molar-refractivity contribution in [1.29, 1.82) is 0 Å². The van der Waals surface area contributed by atoms with Crippen LogP contribution in [0, 0.1) is 0 Å². The van der Waals surface area contributed by atoms with Gasteiger partial charge in [0, 0.05) is 48.8 Å². The van der Waals surface area contributed by atoms with Crippen LogP contribution in [-0.4, -0.2) is 65.1 Å². The highest BCUT2D eigenvalue weighted by Crippen LogP contribution is 2.23. The number of fused-ring (bicyclic) bond motifs is 1. The number of H-pyrrole nitrogens is 1. The molecule has 2 aromatic carbocycles. The lowest BCUT2D eigenvalue weighted by molar-refractivity contribution is -0.126. The van der Waals surface area contributed by atoms with E-state index in [4.69, 9.17) is 4.74 Å². The van der Waals surface area contributed by atoms with E-state index in [1.165, 1.54) is 0 Å². The molecule has 33 heavy (non-hydrogen) atoms. The Labute approximate surface area is 190 Å². The normalized spacial score (nSPS) is 13.8. The first-order chi connectivity index (χ1) is 16.1. The summed E-state index contributed by atoms with van der Waals surface area (Å²) in [6, 6.07) is 19.0. The van der Waals surface area contributed by atoms with Crippen LogP contribution < -0.4 is 9.64 Å². The average molecular weight is 441 g/mol. The van der Waals surface area contributed by atoms with Crippen LogP contribution in [0.2, 0.25) is 0 Å². The fraction of sp³-hybridized carbons (Fsp3) is 0.200. The first-order valence-corrected chi connectivity index (χ1v) is 10.8. The van der Waals surface area contributed by atoms with E-state index in [0.717, 1.165) is 33.7 Å². The van der Waals surface area contributed by atoms with E-state index >= 15 is 0 Å². The number of methoxy groups -OCH3 is 1. The Morgan fingerprint density at radius 3 is 2.36 bits per heavy atom. The third-order valence-corrected chi connectivity index (χ3v) is 5.96. The maximum atomic E-state index is 12.8. The topological polar surface area (TPSA) is 91.4 Å². The lowest BCUT2D eigenvalue weighted by atomic mass is 10.1. The van der Waals surface area contributed by atoms with E-state index in [9.17, 15) is 9.59 Å². The lowest BCUT2D eigenvalue weighted by Crippen LogP contribution is -2.50. The number of aromatic amines is 1. The summed E-state index contributed by atoms with van der Waals surface area (Å²) in [6.45, 7) is 2.08. The number of para-hydroxylation sites is 1. The van der Waals surface area contributed by atoms with Gasteiger partial charge in [-0.25, -0.2) is 0 Å². The second kappa shape index (κ2) is 8.74. The summed E-state index contributed by atoms with van der Waals surface area (Å²) in [7, 11) is 1.63. The van der Waals surface area contributed by atoms with Crippen LogP contribution >= 0.6 is 0 Å². The monoisotopic (exact) mass is 441 g/mol. The van der Waals surface area contributed by atoms with Crippen LogP contribution in [0.15, 0.2) is 66.9 Å². The summed E-state index contributed by atoms with van der Waals surface area (Å²) >= 11 is 0. The molecule has 0 atom stereocenters. The zero-order valence-corrected chi connectivity index (χ0v) is 18.2. The van der Waals surface area contributed by atoms with E-state index in [0.29, 0.717) is 31.7 Å². The number of ether oxygens (including phenoxy) is 1. The standard InChI is InChI=1S/C25H23N5O3/c1-33-18-8-6-17(7-9-18)21-10-11-23(28-27-21)29-12-14-30(15-13-29)25(32)24(31)20-16-26-22-5-3-2-4-19(20)22/h2-11,16,26H,12-15H2,1H3. The molecule has 0 radical (unpaired) electrons. The highest BCUT2D eigenvalue weighted by atomic mass is 16.5. The van der Waals surface area contributed by atoms with Gasteiger partial charge in [-0.1, -0.05) is 18.2 Å². The Hall–Kier alpha value is -4.20. The van der Waals surface area contributed by atoms with E-state index < -0.39 is 11.7 Å². The molecular weight excluding hydrogens is 418 g/mol. The van der Waals surface area contributed by atoms with Crippen LogP contribution in [0.25, 0.3) is 22.2 Å². The number of carbonyl (C=O) groups is 2. The van der Waals surface area contributed by atoms with Crippen molar-refractivity contribution in [3.05, 3.63) is 72.4 Å². The van der Waals surface area contributed by atoms with E-state index in [1.54, 1.807) is 18.2 Å². The number of benzene rings is 2. The third-order valence-electron chi connectivity index (χ3n) is 5.96. The SMILES string of the molecule is COc1ccc(-c2ccc(N3CCN(C(=O)C(=O)c4c[nH]c5ccccc45)CC3)nn2)cc1. The number of ketones is 1. The molecule has 166 valence electrons. The van der Waals surface area contributed by atoms with Gasteiger partial charge in [0.05, 0.1) is 18.4 Å². The summed E-state index contributed by atoms with van der Waals surface area (Å²) in [4.78, 5) is 32.4. The van der Waals surface area contributed by atoms with Crippen molar-refractivity contribution < 1.29 is 14.3 Å². The molecule has 1 aliphatic rings. The number of piperazine rings is 1. The van der Waals surface area contributed by atoms with Crippen LogP contribution in [0.3, 0.4) is 0 Å². The summed E-state index contributed by atoms with van der Waals surface area (Å²) in [5.74, 6) is 0.589. The van der Waals surface area contributed by atoms with Crippen molar-refractivity contribution in [3.63, 3.8) is 0 Å². The predicted molar refractivity (Wildman–Crippen MR) is 125 cm³/mol. The number of amides is 1. The molecule has 0 bridgehead atoms. The summed E-state index contributed by atoms with van der Waals surface area (Å²) < 4.78 is 5.19. The Morgan fingerprint density at radius 1 is 0.909 bits per heavy atom. The van der Waals surface area contributed by atoms with Gasteiger partial charge in [-0.3, -0.25) is 9.59 Å². The van der Waals surface area contributed by atoms with Gasteiger partial charge in [-0.05, 0) is 42.5 Å². The molecule has 1 amide bonds. The van der Waals surface area contributed by atoms with Gasteiger partial charge in [0.15, 0.2) is 5.82 Å². The largest absolute Gasteiger partial charge is 0.497 e. The summed E-state index contributed by atoms with van der Waals surface area (Å²) in [5, 5.41) is 9.49. The minimum Gasteiger partial charge on any atom is -0.497 e. The van der Waals surface area contributed by atoms with Crippen molar-refractivity contribution in [3.8, 4) is 17.0 Å². The minimum atomic E-state index is -0.482. The summed E-state index contributed by atoms with van der Waals surface area (Å²) in [5.41, 5.74) is 2.99. The smallest absolute Gasteiger partial charge is 0.295 e. The molecule has 5 rings (SSSR count). The number of rotatable bonds is 5. The molecule has 1 saturated heterocycles. The van der Waals surface area contributed by atoms with Crippen molar-refractivity contribution in [2.24, 2.45) is 0 Å². The number of aromatic nitrogens is 3. The molecule has 0 spiro atoms. The fourth-order valence-corrected chi connectivity index (χ4v) is 4.07. The molecule has 0 unspecified atom stereocenters. The molecule has 0 saturated carbocycles. The van der Waals surface area contributed by atoms with Crippen molar-refractivity contribution in [1.82, 2.24) is 20.1 Å². The van der Waals surface area contributed by atoms with E-state index in [-0.39, 0.29) is 0 Å². The number of anilines is 1. The van der Waals surface area contributed by atoms with Crippen molar-refractivity contribution in [2.75, 3.05) is 38.2 Å². The van der Waals surface area contributed by atoms with Crippen LogP contribution in [-0.2, 0) is 4.79 Å². The van der Waals surface area contributed by atoms with Gasteiger partial charge in [0.2, 0.25) is 0 Å². The molecule has 1 aliphatic heterocycles. The molecule has 2 aromatic heterocycles. The highest BCUT2D eigenvalue weighted by molar-refractivity contribution is 6.44. The average Bonchev–Trinajstić information content (AvgIpc) is 3.32. The molecule has 8 nitrogen and oxygen atoms in total. The second-order valence-electron chi connectivity index (χ2n) is 7.86. The van der Waals surface area contributed by atoms with Crippen molar-refractivity contribution in [2.45, 2.75) is 0 Å². The lowest BCUT2D eigenvalue weighted by Gasteiger charge is -2.34. The van der Waals surface area contributed by atoms with Crippen molar-refractivity contribution >= 4 is 28.4 Å². The molecule has 3 heterocycles. The maximum absolute atomic E-state index is 12.8. The third kappa shape index (κ3) is 4.03. The predicted octanol–water partition coefficient (Wildman–Crippen LogP) is 3.17.